The average molecular weight is 281 g/mol. The number of likely N-dealkylation sites (N-methyl/N-ethyl adjacent to an activating group) is 1. The second-order valence-electron chi connectivity index (χ2n) is 4.29. The highest BCUT2D eigenvalue weighted by atomic mass is 32.2. The average Bonchev–Trinajstić information content (AvgIpc) is 2.30. The predicted molar refractivity (Wildman–Crippen MR) is 73.8 cm³/mol. The first-order valence-corrected chi connectivity index (χ1v) is 7.68. The summed E-state index contributed by atoms with van der Waals surface area (Å²) in [7, 11) is 1.66. The molecule has 0 amide bonds. The van der Waals surface area contributed by atoms with Crippen molar-refractivity contribution < 1.29 is 13.2 Å². The molecule has 0 rings (SSSR count). The SMILES string of the molecule is CCN(C(C)COC)S(=O)(=O)N(C)CCCNC. The molecule has 0 heterocycles. The third-order valence-electron chi connectivity index (χ3n) is 2.80. The Morgan fingerprint density at radius 3 is 2.44 bits per heavy atom. The van der Waals surface area contributed by atoms with Crippen molar-refractivity contribution in [3.8, 4) is 0 Å². The van der Waals surface area contributed by atoms with E-state index in [0.717, 1.165) is 13.0 Å². The van der Waals surface area contributed by atoms with Crippen LogP contribution in [-0.2, 0) is 14.9 Å². The molecule has 1 N–H and O–H groups in total. The topological polar surface area (TPSA) is 61.9 Å². The van der Waals surface area contributed by atoms with E-state index < -0.39 is 10.2 Å². The first-order chi connectivity index (χ1) is 8.41. The van der Waals surface area contributed by atoms with Crippen molar-refractivity contribution in [3.05, 3.63) is 0 Å². The third kappa shape index (κ3) is 5.19. The van der Waals surface area contributed by atoms with E-state index in [2.05, 4.69) is 5.32 Å². The van der Waals surface area contributed by atoms with Gasteiger partial charge >= 0.3 is 0 Å². The van der Waals surface area contributed by atoms with Gasteiger partial charge < -0.3 is 10.1 Å². The van der Waals surface area contributed by atoms with Gasteiger partial charge in [0.15, 0.2) is 0 Å². The van der Waals surface area contributed by atoms with Gasteiger partial charge in [0.05, 0.1) is 6.61 Å². The predicted octanol–water partition coefficient (Wildman–Crippen LogP) is 0.129. The lowest BCUT2D eigenvalue weighted by molar-refractivity contribution is 0.139. The molecule has 0 saturated heterocycles. The molecule has 0 aromatic carbocycles. The van der Waals surface area contributed by atoms with Crippen molar-refractivity contribution in [3.63, 3.8) is 0 Å². The summed E-state index contributed by atoms with van der Waals surface area (Å²) < 4.78 is 32.6. The van der Waals surface area contributed by atoms with Gasteiger partial charge in [-0.25, -0.2) is 0 Å². The van der Waals surface area contributed by atoms with Crippen molar-refractivity contribution >= 4 is 10.2 Å². The standard InChI is InChI=1S/C11H27N3O3S/c1-6-14(11(2)10-17-5)18(15,16)13(4)9-7-8-12-3/h11-12H,6-10H2,1-5H3. The number of rotatable bonds is 10. The lowest BCUT2D eigenvalue weighted by atomic mass is 10.4. The highest BCUT2D eigenvalue weighted by Crippen LogP contribution is 2.11. The molecule has 0 aromatic heterocycles. The lowest BCUT2D eigenvalue weighted by Crippen LogP contribution is -2.48. The van der Waals surface area contributed by atoms with Crippen molar-refractivity contribution in [2.75, 3.05) is 47.4 Å². The maximum atomic E-state index is 12.3. The molecule has 0 aliphatic rings. The quantitative estimate of drug-likeness (QED) is 0.578. The molecule has 6 nitrogen and oxygen atoms in total. The van der Waals surface area contributed by atoms with Crippen molar-refractivity contribution in [1.82, 2.24) is 13.9 Å². The van der Waals surface area contributed by atoms with Crippen LogP contribution in [0.5, 0.6) is 0 Å². The fourth-order valence-electron chi connectivity index (χ4n) is 1.80. The van der Waals surface area contributed by atoms with E-state index in [1.807, 2.05) is 20.9 Å². The zero-order chi connectivity index (χ0) is 14.2. The number of ether oxygens (including phenoxy) is 1. The van der Waals surface area contributed by atoms with Gasteiger partial charge in [0.25, 0.3) is 10.2 Å². The van der Waals surface area contributed by atoms with Gasteiger partial charge in [0, 0.05) is 33.3 Å². The molecule has 18 heavy (non-hydrogen) atoms. The van der Waals surface area contributed by atoms with Crippen molar-refractivity contribution in [1.29, 1.82) is 0 Å². The first-order valence-electron chi connectivity index (χ1n) is 6.28. The van der Waals surface area contributed by atoms with Gasteiger partial charge in [0.2, 0.25) is 0 Å². The van der Waals surface area contributed by atoms with E-state index in [0.29, 0.717) is 19.7 Å². The Bertz CT molecular complexity index is 309. The summed E-state index contributed by atoms with van der Waals surface area (Å²) in [5, 5.41) is 3.01. The maximum Gasteiger partial charge on any atom is 0.282 e. The molecule has 110 valence electrons. The van der Waals surface area contributed by atoms with E-state index in [1.54, 1.807) is 14.2 Å². The zero-order valence-electron chi connectivity index (χ0n) is 12.1. The molecule has 1 atom stereocenters. The summed E-state index contributed by atoms with van der Waals surface area (Å²) in [5.74, 6) is 0. The van der Waals surface area contributed by atoms with E-state index in [1.165, 1.54) is 8.61 Å². The van der Waals surface area contributed by atoms with Gasteiger partial charge in [0.1, 0.15) is 0 Å². The smallest absolute Gasteiger partial charge is 0.282 e. The summed E-state index contributed by atoms with van der Waals surface area (Å²) in [6, 6.07) is -0.156. The summed E-state index contributed by atoms with van der Waals surface area (Å²) in [4.78, 5) is 0. The van der Waals surface area contributed by atoms with Crippen LogP contribution in [0.15, 0.2) is 0 Å². The molecule has 0 aromatic rings. The van der Waals surface area contributed by atoms with Crippen LogP contribution in [0.1, 0.15) is 20.3 Å². The van der Waals surface area contributed by atoms with Crippen LogP contribution in [0.25, 0.3) is 0 Å². The molecule has 0 saturated carbocycles. The van der Waals surface area contributed by atoms with Crippen LogP contribution in [-0.4, -0.2) is 70.5 Å². The summed E-state index contributed by atoms with van der Waals surface area (Å²) >= 11 is 0. The molecular formula is C11H27N3O3S. The Labute approximate surface area is 111 Å². The Kier molecular flexibility index (Phi) is 8.71. The molecule has 0 aliphatic carbocycles. The second kappa shape index (κ2) is 8.82. The fourth-order valence-corrected chi connectivity index (χ4v) is 3.36. The van der Waals surface area contributed by atoms with Crippen molar-refractivity contribution in [2.24, 2.45) is 0 Å². The monoisotopic (exact) mass is 281 g/mol. The number of nitrogens with zero attached hydrogens (tertiary/aromatic N) is 2. The highest BCUT2D eigenvalue weighted by molar-refractivity contribution is 7.86. The summed E-state index contributed by atoms with van der Waals surface area (Å²) in [5.41, 5.74) is 0. The third-order valence-corrected chi connectivity index (χ3v) is 4.98. The number of methoxy groups -OCH3 is 1. The summed E-state index contributed by atoms with van der Waals surface area (Å²) in [6.07, 6.45) is 0.794. The summed E-state index contributed by atoms with van der Waals surface area (Å²) in [6.45, 7) is 5.86. The minimum absolute atomic E-state index is 0.156. The molecule has 0 spiro atoms. The van der Waals surface area contributed by atoms with Gasteiger partial charge in [-0.2, -0.15) is 17.0 Å². The molecule has 0 bridgehead atoms. The zero-order valence-corrected chi connectivity index (χ0v) is 13.0. The van der Waals surface area contributed by atoms with E-state index in [4.69, 9.17) is 4.74 Å². The Morgan fingerprint density at radius 1 is 1.39 bits per heavy atom. The largest absolute Gasteiger partial charge is 0.383 e. The highest BCUT2D eigenvalue weighted by Gasteiger charge is 2.29. The van der Waals surface area contributed by atoms with Crippen LogP contribution in [0.2, 0.25) is 0 Å². The minimum Gasteiger partial charge on any atom is -0.383 e. The Balaban J connectivity index is 4.64. The molecule has 1 unspecified atom stereocenters. The van der Waals surface area contributed by atoms with Crippen LogP contribution in [0.4, 0.5) is 0 Å². The van der Waals surface area contributed by atoms with Gasteiger partial charge in [-0.05, 0) is 26.9 Å². The fraction of sp³-hybridized carbons (Fsp3) is 1.00. The van der Waals surface area contributed by atoms with Gasteiger partial charge in [-0.15, -0.1) is 0 Å². The molecular weight excluding hydrogens is 254 g/mol. The number of nitrogens with one attached hydrogen (secondary N) is 1. The second-order valence-corrected chi connectivity index (χ2v) is 6.28. The van der Waals surface area contributed by atoms with E-state index in [9.17, 15) is 8.42 Å². The van der Waals surface area contributed by atoms with E-state index >= 15 is 0 Å². The van der Waals surface area contributed by atoms with Gasteiger partial charge in [-0.1, -0.05) is 6.92 Å². The minimum atomic E-state index is -3.39. The lowest BCUT2D eigenvalue weighted by Gasteiger charge is -2.30. The molecule has 0 fully saturated rings. The number of hydrogen-bond acceptors (Lipinski definition) is 4. The maximum absolute atomic E-state index is 12.3. The van der Waals surface area contributed by atoms with Crippen molar-refractivity contribution in [2.45, 2.75) is 26.3 Å². The first kappa shape index (κ1) is 17.8. The Hall–Kier alpha value is -0.210. The van der Waals surface area contributed by atoms with E-state index in [-0.39, 0.29) is 6.04 Å². The Morgan fingerprint density at radius 2 is 2.00 bits per heavy atom. The van der Waals surface area contributed by atoms with Crippen LogP contribution < -0.4 is 5.32 Å². The molecule has 0 radical (unpaired) electrons. The van der Waals surface area contributed by atoms with Crippen LogP contribution >= 0.6 is 0 Å². The van der Waals surface area contributed by atoms with Gasteiger partial charge in [-0.3, -0.25) is 0 Å². The normalized spacial score (nSPS) is 14.4. The molecule has 0 aliphatic heterocycles. The van der Waals surface area contributed by atoms with Crippen LogP contribution in [0.3, 0.4) is 0 Å². The molecule has 7 heteroatoms. The van der Waals surface area contributed by atoms with Crippen LogP contribution in [0, 0.1) is 0 Å². The number of hydrogen-bond donors (Lipinski definition) is 1.